The van der Waals surface area contributed by atoms with Gasteiger partial charge in [0.25, 0.3) is 0 Å². The molecule has 1 spiro atoms. The van der Waals surface area contributed by atoms with E-state index in [1.807, 2.05) is 6.20 Å². The Bertz CT molecular complexity index is 398. The standard InChI is InChI=1S/C15H25N3OS/c1-2-16-14(13-11-17-18-20-13)12-6-9-19-15(10-12)7-4-3-5-8-15/h11-12,14,16H,2-10H2,1H3. The minimum Gasteiger partial charge on any atom is -0.375 e. The molecule has 1 aromatic heterocycles. The minimum atomic E-state index is 0.174. The van der Waals surface area contributed by atoms with Crippen LogP contribution in [0.5, 0.6) is 0 Å². The lowest BCUT2D eigenvalue weighted by Gasteiger charge is -2.45. The quantitative estimate of drug-likeness (QED) is 0.925. The summed E-state index contributed by atoms with van der Waals surface area (Å²) in [5.74, 6) is 0.657. The third-order valence-electron chi connectivity index (χ3n) is 4.88. The lowest BCUT2D eigenvalue weighted by molar-refractivity contribution is -0.121. The summed E-state index contributed by atoms with van der Waals surface area (Å²) in [6.45, 7) is 4.09. The molecule has 1 aliphatic carbocycles. The third-order valence-corrected chi connectivity index (χ3v) is 5.62. The second kappa shape index (κ2) is 6.50. The molecule has 3 rings (SSSR count). The monoisotopic (exact) mass is 295 g/mol. The van der Waals surface area contributed by atoms with E-state index in [0.29, 0.717) is 12.0 Å². The van der Waals surface area contributed by atoms with Gasteiger partial charge in [0, 0.05) is 12.6 Å². The smallest absolute Gasteiger partial charge is 0.0686 e. The van der Waals surface area contributed by atoms with Crippen molar-refractivity contribution in [3.63, 3.8) is 0 Å². The van der Waals surface area contributed by atoms with E-state index in [4.69, 9.17) is 4.74 Å². The van der Waals surface area contributed by atoms with Crippen molar-refractivity contribution in [1.29, 1.82) is 0 Å². The van der Waals surface area contributed by atoms with Gasteiger partial charge in [-0.1, -0.05) is 30.7 Å². The Morgan fingerprint density at radius 2 is 2.30 bits per heavy atom. The van der Waals surface area contributed by atoms with E-state index < -0.39 is 0 Å². The van der Waals surface area contributed by atoms with Crippen LogP contribution >= 0.6 is 11.5 Å². The van der Waals surface area contributed by atoms with Gasteiger partial charge in [0.05, 0.1) is 16.7 Å². The van der Waals surface area contributed by atoms with Crippen LogP contribution in [0.2, 0.25) is 0 Å². The largest absolute Gasteiger partial charge is 0.375 e. The van der Waals surface area contributed by atoms with Crippen molar-refractivity contribution >= 4 is 11.5 Å². The molecular weight excluding hydrogens is 270 g/mol. The highest BCUT2D eigenvalue weighted by molar-refractivity contribution is 7.05. The zero-order valence-corrected chi connectivity index (χ0v) is 13.1. The molecule has 1 N–H and O–H groups in total. The molecular formula is C15H25N3OS. The zero-order valence-electron chi connectivity index (χ0n) is 12.3. The van der Waals surface area contributed by atoms with E-state index in [-0.39, 0.29) is 5.60 Å². The molecule has 4 nitrogen and oxygen atoms in total. The summed E-state index contributed by atoms with van der Waals surface area (Å²) in [5, 5.41) is 7.67. The molecule has 0 radical (unpaired) electrons. The first-order chi connectivity index (χ1) is 9.83. The predicted octanol–water partition coefficient (Wildman–Crippen LogP) is 3.32. The first kappa shape index (κ1) is 14.4. The van der Waals surface area contributed by atoms with Gasteiger partial charge >= 0.3 is 0 Å². The number of nitrogens with zero attached hydrogens (tertiary/aromatic N) is 2. The Morgan fingerprint density at radius 3 is 3.00 bits per heavy atom. The number of aromatic nitrogens is 2. The second-order valence-electron chi connectivity index (χ2n) is 6.20. The molecule has 1 saturated carbocycles. The number of nitrogens with one attached hydrogen (secondary N) is 1. The number of ether oxygens (including phenoxy) is 1. The maximum atomic E-state index is 6.23. The van der Waals surface area contributed by atoms with Gasteiger partial charge < -0.3 is 10.1 Å². The number of hydrogen-bond donors (Lipinski definition) is 1. The lowest BCUT2D eigenvalue weighted by atomic mass is 9.74. The molecule has 1 aliphatic heterocycles. The number of hydrogen-bond acceptors (Lipinski definition) is 5. The molecule has 0 aromatic carbocycles. The van der Waals surface area contributed by atoms with Gasteiger partial charge in [-0.3, -0.25) is 0 Å². The van der Waals surface area contributed by atoms with Crippen LogP contribution in [0.1, 0.15) is 62.8 Å². The molecule has 2 atom stereocenters. The maximum Gasteiger partial charge on any atom is 0.0686 e. The van der Waals surface area contributed by atoms with E-state index in [0.717, 1.165) is 19.6 Å². The van der Waals surface area contributed by atoms with E-state index in [2.05, 4.69) is 21.8 Å². The Kier molecular flexibility index (Phi) is 4.68. The molecule has 2 fully saturated rings. The van der Waals surface area contributed by atoms with Crippen molar-refractivity contribution in [3.8, 4) is 0 Å². The number of rotatable bonds is 4. The molecule has 1 saturated heterocycles. The highest BCUT2D eigenvalue weighted by atomic mass is 32.1. The maximum absolute atomic E-state index is 6.23. The van der Waals surface area contributed by atoms with Crippen molar-refractivity contribution in [1.82, 2.24) is 14.9 Å². The first-order valence-electron chi connectivity index (χ1n) is 7.97. The van der Waals surface area contributed by atoms with Crippen molar-refractivity contribution in [2.24, 2.45) is 5.92 Å². The van der Waals surface area contributed by atoms with E-state index in [9.17, 15) is 0 Å². The molecule has 0 amide bonds. The molecule has 1 aromatic rings. The fourth-order valence-electron chi connectivity index (χ4n) is 3.93. The summed E-state index contributed by atoms with van der Waals surface area (Å²) in [7, 11) is 0. The van der Waals surface area contributed by atoms with Gasteiger partial charge in [0.2, 0.25) is 0 Å². The SMILES string of the molecule is CCNC(c1cnns1)C1CCOC2(CCCCC2)C1. The lowest BCUT2D eigenvalue weighted by Crippen LogP contribution is -2.44. The molecule has 5 heteroatoms. The van der Waals surface area contributed by atoms with Gasteiger partial charge in [-0.05, 0) is 49.7 Å². The van der Waals surface area contributed by atoms with Crippen LogP contribution in [0.3, 0.4) is 0 Å². The Morgan fingerprint density at radius 1 is 1.45 bits per heavy atom. The van der Waals surface area contributed by atoms with Crippen molar-refractivity contribution in [2.45, 2.75) is 63.5 Å². The summed E-state index contributed by atoms with van der Waals surface area (Å²) in [6.07, 6.45) is 10.8. The highest BCUT2D eigenvalue weighted by Gasteiger charge is 2.41. The summed E-state index contributed by atoms with van der Waals surface area (Å²) < 4.78 is 10.3. The normalized spacial score (nSPS) is 27.6. The van der Waals surface area contributed by atoms with Crippen molar-refractivity contribution < 1.29 is 4.74 Å². The summed E-state index contributed by atoms with van der Waals surface area (Å²) in [4.78, 5) is 1.28. The topological polar surface area (TPSA) is 47.0 Å². The van der Waals surface area contributed by atoms with Crippen LogP contribution in [-0.2, 0) is 4.74 Å². The van der Waals surface area contributed by atoms with Gasteiger partial charge in [-0.15, -0.1) is 5.10 Å². The molecule has 2 heterocycles. The average Bonchev–Trinajstić information content (AvgIpc) is 2.99. The van der Waals surface area contributed by atoms with E-state index in [1.165, 1.54) is 54.9 Å². The van der Waals surface area contributed by atoms with Gasteiger partial charge in [0.15, 0.2) is 0 Å². The van der Waals surface area contributed by atoms with Crippen LogP contribution in [0.25, 0.3) is 0 Å². The van der Waals surface area contributed by atoms with Gasteiger partial charge in [-0.2, -0.15) is 0 Å². The predicted molar refractivity (Wildman–Crippen MR) is 80.8 cm³/mol. The van der Waals surface area contributed by atoms with Crippen LogP contribution in [0.15, 0.2) is 6.20 Å². The summed E-state index contributed by atoms with van der Waals surface area (Å²) in [5.41, 5.74) is 0.174. The Labute approximate surface area is 125 Å². The second-order valence-corrected chi connectivity index (χ2v) is 7.02. The molecule has 2 unspecified atom stereocenters. The van der Waals surface area contributed by atoms with E-state index in [1.54, 1.807) is 0 Å². The highest BCUT2D eigenvalue weighted by Crippen LogP contribution is 2.44. The minimum absolute atomic E-state index is 0.174. The van der Waals surface area contributed by atoms with Crippen LogP contribution in [-0.4, -0.2) is 28.3 Å². The average molecular weight is 295 g/mol. The molecule has 2 aliphatic rings. The molecule has 0 bridgehead atoms. The van der Waals surface area contributed by atoms with E-state index >= 15 is 0 Å². The Balaban J connectivity index is 1.73. The van der Waals surface area contributed by atoms with Crippen LogP contribution in [0, 0.1) is 5.92 Å². The van der Waals surface area contributed by atoms with Crippen LogP contribution < -0.4 is 5.32 Å². The fourth-order valence-corrected chi connectivity index (χ4v) is 4.60. The van der Waals surface area contributed by atoms with Crippen LogP contribution in [0.4, 0.5) is 0 Å². The summed E-state index contributed by atoms with van der Waals surface area (Å²) in [6, 6.07) is 0.405. The third kappa shape index (κ3) is 3.05. The fraction of sp³-hybridized carbons (Fsp3) is 0.867. The van der Waals surface area contributed by atoms with Gasteiger partial charge in [0.1, 0.15) is 0 Å². The summed E-state index contributed by atoms with van der Waals surface area (Å²) >= 11 is 1.54. The van der Waals surface area contributed by atoms with Crippen molar-refractivity contribution in [3.05, 3.63) is 11.1 Å². The first-order valence-corrected chi connectivity index (χ1v) is 8.75. The Hall–Kier alpha value is -0.520. The molecule has 20 heavy (non-hydrogen) atoms. The van der Waals surface area contributed by atoms with Gasteiger partial charge in [-0.25, -0.2) is 0 Å². The molecule has 112 valence electrons. The van der Waals surface area contributed by atoms with Crippen molar-refractivity contribution in [2.75, 3.05) is 13.2 Å². The zero-order chi connectivity index (χ0) is 13.8.